The number of hydrogen-bond donors (Lipinski definition) is 0. The van der Waals surface area contributed by atoms with Crippen LogP contribution in [0.4, 0.5) is 13.2 Å². The average Bonchev–Trinajstić information content (AvgIpc) is 3.15. The number of esters is 1. The second kappa shape index (κ2) is 7.62. The third kappa shape index (κ3) is 3.89. The summed E-state index contributed by atoms with van der Waals surface area (Å²) in [6.45, 7) is 0.196. The van der Waals surface area contributed by atoms with Crippen molar-refractivity contribution in [1.29, 1.82) is 0 Å². The first-order valence-corrected chi connectivity index (χ1v) is 9.02. The Morgan fingerprint density at radius 3 is 2.67 bits per heavy atom. The number of hydrogen-bond acceptors (Lipinski definition) is 4. The maximum atomic E-state index is 13.0. The summed E-state index contributed by atoms with van der Waals surface area (Å²) in [6, 6.07) is 14.1. The monoisotopic (exact) mass is 411 g/mol. The molecule has 4 rings (SSSR count). The highest BCUT2D eigenvalue weighted by molar-refractivity contribution is 5.96. The van der Waals surface area contributed by atoms with Crippen LogP contribution in [-0.2, 0) is 17.5 Å². The van der Waals surface area contributed by atoms with E-state index in [4.69, 9.17) is 4.74 Å². The molecule has 2 aromatic heterocycles. The van der Waals surface area contributed by atoms with Gasteiger partial charge in [-0.3, -0.25) is 4.68 Å². The Labute approximate surface area is 169 Å². The molecule has 0 aliphatic heterocycles. The van der Waals surface area contributed by atoms with Crippen molar-refractivity contribution in [3.05, 3.63) is 83.8 Å². The van der Waals surface area contributed by atoms with E-state index in [0.29, 0.717) is 11.1 Å². The minimum Gasteiger partial charge on any atom is -0.464 e. The van der Waals surface area contributed by atoms with Crippen LogP contribution < -0.4 is 0 Å². The minimum atomic E-state index is -4.39. The number of methoxy groups -OCH3 is 1. The highest BCUT2D eigenvalue weighted by atomic mass is 19.4. The van der Waals surface area contributed by atoms with Gasteiger partial charge in [0.05, 0.1) is 24.7 Å². The van der Waals surface area contributed by atoms with Gasteiger partial charge < -0.3 is 4.74 Å². The number of fused-ring (bicyclic) bond motifs is 1. The maximum Gasteiger partial charge on any atom is 0.416 e. The molecule has 0 radical (unpaired) electrons. The number of halogens is 3. The molecule has 8 heteroatoms. The molecule has 0 spiro atoms. The fourth-order valence-corrected chi connectivity index (χ4v) is 3.27. The van der Waals surface area contributed by atoms with E-state index in [2.05, 4.69) is 10.1 Å². The standard InChI is InChI=1S/C22H16F3N3O2/c1-30-21(29)20-11-15(8-9-26-20)17-6-3-7-19-18(17)13-28(27-19)12-14-4-2-5-16(10-14)22(23,24)25/h2-11,13H,12H2,1H3. The molecule has 0 amide bonds. The van der Waals surface area contributed by atoms with Gasteiger partial charge in [-0.2, -0.15) is 18.3 Å². The van der Waals surface area contributed by atoms with Crippen molar-refractivity contribution in [3.8, 4) is 11.1 Å². The first-order chi connectivity index (χ1) is 14.3. The van der Waals surface area contributed by atoms with Crippen molar-refractivity contribution < 1.29 is 22.7 Å². The van der Waals surface area contributed by atoms with E-state index in [1.165, 1.54) is 19.4 Å². The van der Waals surface area contributed by atoms with E-state index >= 15 is 0 Å². The topological polar surface area (TPSA) is 57.0 Å². The van der Waals surface area contributed by atoms with Crippen LogP contribution in [0.5, 0.6) is 0 Å². The summed E-state index contributed by atoms with van der Waals surface area (Å²) < 4.78 is 45.2. The summed E-state index contributed by atoms with van der Waals surface area (Å²) in [7, 11) is 1.29. The SMILES string of the molecule is COC(=O)c1cc(-c2cccc3nn(Cc4cccc(C(F)(F)F)c4)cc23)ccn1. The van der Waals surface area contributed by atoms with Crippen molar-refractivity contribution in [2.45, 2.75) is 12.7 Å². The summed E-state index contributed by atoms with van der Waals surface area (Å²) in [5.74, 6) is -0.538. The second-order valence-electron chi connectivity index (χ2n) is 6.68. The van der Waals surface area contributed by atoms with E-state index in [0.717, 1.165) is 28.6 Å². The lowest BCUT2D eigenvalue weighted by Crippen LogP contribution is -2.07. The highest BCUT2D eigenvalue weighted by Gasteiger charge is 2.30. The van der Waals surface area contributed by atoms with E-state index in [9.17, 15) is 18.0 Å². The van der Waals surface area contributed by atoms with Crippen LogP contribution in [0.3, 0.4) is 0 Å². The number of carbonyl (C=O) groups excluding carboxylic acids is 1. The molecular weight excluding hydrogens is 395 g/mol. The lowest BCUT2D eigenvalue weighted by Gasteiger charge is -2.08. The van der Waals surface area contributed by atoms with Gasteiger partial charge in [0.15, 0.2) is 0 Å². The largest absolute Gasteiger partial charge is 0.464 e. The maximum absolute atomic E-state index is 13.0. The number of ether oxygens (including phenoxy) is 1. The van der Waals surface area contributed by atoms with Crippen LogP contribution in [0.15, 0.2) is 67.0 Å². The van der Waals surface area contributed by atoms with Crippen molar-refractivity contribution in [3.63, 3.8) is 0 Å². The van der Waals surface area contributed by atoms with E-state index in [1.54, 1.807) is 29.1 Å². The van der Waals surface area contributed by atoms with Crippen LogP contribution in [-0.4, -0.2) is 27.8 Å². The lowest BCUT2D eigenvalue weighted by atomic mass is 10.0. The van der Waals surface area contributed by atoms with Gasteiger partial charge in [0, 0.05) is 17.8 Å². The third-order valence-electron chi connectivity index (χ3n) is 4.66. The molecule has 0 atom stereocenters. The molecule has 0 N–H and O–H groups in total. The predicted octanol–water partition coefficient (Wildman–Crippen LogP) is 4.95. The molecule has 0 aliphatic carbocycles. The quantitative estimate of drug-likeness (QED) is 0.446. The second-order valence-corrected chi connectivity index (χ2v) is 6.68. The van der Waals surface area contributed by atoms with Gasteiger partial charge in [-0.1, -0.05) is 24.3 Å². The van der Waals surface area contributed by atoms with Crippen molar-refractivity contribution in [2.75, 3.05) is 7.11 Å². The summed E-state index contributed by atoms with van der Waals surface area (Å²) in [6.07, 6.45) is -1.09. The summed E-state index contributed by atoms with van der Waals surface area (Å²) in [4.78, 5) is 15.8. The van der Waals surface area contributed by atoms with E-state index < -0.39 is 17.7 Å². The van der Waals surface area contributed by atoms with Crippen molar-refractivity contribution in [1.82, 2.24) is 14.8 Å². The zero-order valence-corrected chi connectivity index (χ0v) is 15.8. The number of rotatable bonds is 4. The number of benzene rings is 2. The zero-order chi connectivity index (χ0) is 21.3. The summed E-state index contributed by atoms with van der Waals surface area (Å²) >= 11 is 0. The van der Waals surface area contributed by atoms with Gasteiger partial charge in [0.1, 0.15) is 5.69 Å². The third-order valence-corrected chi connectivity index (χ3v) is 4.66. The lowest BCUT2D eigenvalue weighted by molar-refractivity contribution is -0.137. The fourth-order valence-electron chi connectivity index (χ4n) is 3.27. The first-order valence-electron chi connectivity index (χ1n) is 9.02. The molecule has 152 valence electrons. The summed E-state index contributed by atoms with van der Waals surface area (Å²) in [5, 5.41) is 5.30. The molecule has 30 heavy (non-hydrogen) atoms. The Balaban J connectivity index is 1.71. The highest BCUT2D eigenvalue weighted by Crippen LogP contribution is 2.31. The van der Waals surface area contributed by atoms with Gasteiger partial charge in [-0.05, 0) is 47.0 Å². The number of nitrogens with zero attached hydrogens (tertiary/aromatic N) is 3. The van der Waals surface area contributed by atoms with E-state index in [-0.39, 0.29) is 12.2 Å². The Bertz CT molecular complexity index is 1230. The fraction of sp³-hybridized carbons (Fsp3) is 0.136. The molecule has 2 heterocycles. The number of alkyl halides is 3. The first kappa shape index (κ1) is 19.6. The Kier molecular flexibility index (Phi) is 4.99. The minimum absolute atomic E-state index is 0.184. The van der Waals surface area contributed by atoms with Gasteiger partial charge in [0.2, 0.25) is 0 Å². The molecule has 2 aromatic carbocycles. The molecule has 0 fully saturated rings. The molecule has 0 unspecified atom stereocenters. The van der Waals surface area contributed by atoms with Gasteiger partial charge in [-0.15, -0.1) is 0 Å². The Morgan fingerprint density at radius 2 is 1.90 bits per heavy atom. The van der Waals surface area contributed by atoms with Crippen LogP contribution in [0, 0.1) is 0 Å². The zero-order valence-electron chi connectivity index (χ0n) is 15.8. The van der Waals surface area contributed by atoms with E-state index in [1.807, 2.05) is 18.2 Å². The Morgan fingerprint density at radius 1 is 1.10 bits per heavy atom. The predicted molar refractivity (Wildman–Crippen MR) is 105 cm³/mol. The van der Waals surface area contributed by atoms with Crippen LogP contribution in [0.25, 0.3) is 22.0 Å². The molecule has 0 saturated heterocycles. The number of carbonyl (C=O) groups is 1. The molecule has 5 nitrogen and oxygen atoms in total. The molecule has 0 bridgehead atoms. The number of aromatic nitrogens is 3. The Hall–Kier alpha value is -3.68. The molecule has 0 saturated carbocycles. The van der Waals surface area contributed by atoms with Crippen molar-refractivity contribution in [2.24, 2.45) is 0 Å². The molecular formula is C22H16F3N3O2. The molecule has 0 aliphatic rings. The van der Waals surface area contributed by atoms with Gasteiger partial charge in [0.25, 0.3) is 0 Å². The van der Waals surface area contributed by atoms with Gasteiger partial charge >= 0.3 is 12.1 Å². The number of pyridine rings is 1. The van der Waals surface area contributed by atoms with Crippen LogP contribution in [0.2, 0.25) is 0 Å². The van der Waals surface area contributed by atoms with Crippen molar-refractivity contribution >= 4 is 16.9 Å². The smallest absolute Gasteiger partial charge is 0.416 e. The normalized spacial score (nSPS) is 11.6. The molecule has 4 aromatic rings. The van der Waals surface area contributed by atoms with Crippen LogP contribution in [0.1, 0.15) is 21.6 Å². The van der Waals surface area contributed by atoms with Crippen LogP contribution >= 0.6 is 0 Å². The van der Waals surface area contributed by atoms with Gasteiger partial charge in [-0.25, -0.2) is 9.78 Å². The summed E-state index contributed by atoms with van der Waals surface area (Å²) in [5.41, 5.74) is 2.27. The average molecular weight is 411 g/mol.